The Morgan fingerprint density at radius 1 is 1.27 bits per heavy atom. The van der Waals surface area contributed by atoms with Crippen LogP contribution in [0.2, 0.25) is 0 Å². The number of nitrogens with zero attached hydrogens (tertiary/aromatic N) is 1. The summed E-state index contributed by atoms with van der Waals surface area (Å²) in [6.07, 6.45) is 3.48. The minimum Gasteiger partial charge on any atom is -0.504 e. The number of aliphatic imine (C=N–C) groups is 1. The SMILES string of the molecule is CC1=CNC=N[C@H]1c1ccc(O)c(O)c1. The van der Waals surface area contributed by atoms with Crippen molar-refractivity contribution in [3.05, 3.63) is 35.5 Å². The van der Waals surface area contributed by atoms with Gasteiger partial charge in [-0.2, -0.15) is 0 Å². The first-order chi connectivity index (χ1) is 7.18. The number of nitrogens with one attached hydrogen (secondary N) is 1. The summed E-state index contributed by atoms with van der Waals surface area (Å²) in [7, 11) is 0. The van der Waals surface area contributed by atoms with Crippen molar-refractivity contribution in [3.8, 4) is 11.5 Å². The van der Waals surface area contributed by atoms with E-state index in [-0.39, 0.29) is 17.5 Å². The highest BCUT2D eigenvalue weighted by Gasteiger charge is 2.15. The molecule has 78 valence electrons. The van der Waals surface area contributed by atoms with Gasteiger partial charge in [-0.05, 0) is 30.2 Å². The molecule has 15 heavy (non-hydrogen) atoms. The van der Waals surface area contributed by atoms with Crippen LogP contribution < -0.4 is 5.32 Å². The summed E-state index contributed by atoms with van der Waals surface area (Å²) < 4.78 is 0. The first-order valence-electron chi connectivity index (χ1n) is 4.65. The van der Waals surface area contributed by atoms with Crippen LogP contribution in [0.1, 0.15) is 18.5 Å². The lowest BCUT2D eigenvalue weighted by Crippen LogP contribution is -2.12. The van der Waals surface area contributed by atoms with Gasteiger partial charge >= 0.3 is 0 Å². The molecule has 0 radical (unpaired) electrons. The van der Waals surface area contributed by atoms with Gasteiger partial charge in [0.05, 0.1) is 12.4 Å². The third-order valence-corrected chi connectivity index (χ3v) is 2.36. The number of phenolic OH excluding ortho intramolecular Hbond substituents is 2. The van der Waals surface area contributed by atoms with Crippen molar-refractivity contribution in [3.63, 3.8) is 0 Å². The van der Waals surface area contributed by atoms with Gasteiger partial charge in [-0.1, -0.05) is 6.07 Å². The van der Waals surface area contributed by atoms with Gasteiger partial charge in [0.25, 0.3) is 0 Å². The van der Waals surface area contributed by atoms with Crippen molar-refractivity contribution < 1.29 is 10.2 Å². The average molecular weight is 204 g/mol. The van der Waals surface area contributed by atoms with Gasteiger partial charge in [0.1, 0.15) is 0 Å². The Labute approximate surface area is 87.6 Å². The van der Waals surface area contributed by atoms with E-state index in [1.54, 1.807) is 12.4 Å². The number of rotatable bonds is 1. The zero-order chi connectivity index (χ0) is 10.8. The molecular weight excluding hydrogens is 192 g/mol. The third-order valence-electron chi connectivity index (χ3n) is 2.36. The summed E-state index contributed by atoms with van der Waals surface area (Å²) in [6, 6.07) is 4.66. The van der Waals surface area contributed by atoms with E-state index in [1.165, 1.54) is 12.1 Å². The van der Waals surface area contributed by atoms with Crippen LogP contribution in [-0.4, -0.2) is 16.6 Å². The molecule has 2 rings (SSSR count). The summed E-state index contributed by atoms with van der Waals surface area (Å²) in [4.78, 5) is 4.25. The molecule has 0 spiro atoms. The maximum absolute atomic E-state index is 9.38. The molecule has 0 unspecified atom stereocenters. The van der Waals surface area contributed by atoms with Crippen molar-refractivity contribution in [2.45, 2.75) is 13.0 Å². The molecule has 4 heteroatoms. The molecule has 0 amide bonds. The van der Waals surface area contributed by atoms with E-state index in [9.17, 15) is 10.2 Å². The van der Waals surface area contributed by atoms with Crippen molar-refractivity contribution in [2.75, 3.05) is 0 Å². The monoisotopic (exact) mass is 204 g/mol. The Morgan fingerprint density at radius 3 is 2.73 bits per heavy atom. The fourth-order valence-electron chi connectivity index (χ4n) is 1.54. The Balaban J connectivity index is 2.37. The summed E-state index contributed by atoms with van der Waals surface area (Å²) in [6.45, 7) is 1.96. The van der Waals surface area contributed by atoms with Crippen LogP contribution in [0.15, 0.2) is 35.0 Å². The van der Waals surface area contributed by atoms with Crippen molar-refractivity contribution in [1.82, 2.24) is 5.32 Å². The first-order valence-corrected chi connectivity index (χ1v) is 4.65. The van der Waals surface area contributed by atoms with E-state index in [0.29, 0.717) is 0 Å². The number of hydrogen-bond donors (Lipinski definition) is 3. The number of hydrogen-bond acceptors (Lipinski definition) is 4. The largest absolute Gasteiger partial charge is 0.504 e. The van der Waals surface area contributed by atoms with Gasteiger partial charge in [-0.15, -0.1) is 0 Å². The van der Waals surface area contributed by atoms with E-state index >= 15 is 0 Å². The van der Waals surface area contributed by atoms with E-state index in [4.69, 9.17) is 0 Å². The molecule has 1 heterocycles. The summed E-state index contributed by atoms with van der Waals surface area (Å²) >= 11 is 0. The highest BCUT2D eigenvalue weighted by Crippen LogP contribution is 2.32. The van der Waals surface area contributed by atoms with E-state index in [0.717, 1.165) is 11.1 Å². The molecule has 1 aromatic carbocycles. The van der Waals surface area contributed by atoms with Crippen molar-refractivity contribution >= 4 is 6.34 Å². The maximum Gasteiger partial charge on any atom is 0.157 e. The Morgan fingerprint density at radius 2 is 2.07 bits per heavy atom. The quantitative estimate of drug-likeness (QED) is 0.610. The second-order valence-electron chi connectivity index (χ2n) is 3.48. The highest BCUT2D eigenvalue weighted by atomic mass is 16.3. The molecule has 0 aliphatic carbocycles. The van der Waals surface area contributed by atoms with Crippen LogP contribution >= 0.6 is 0 Å². The van der Waals surface area contributed by atoms with Crippen LogP contribution in [0, 0.1) is 0 Å². The molecule has 1 aromatic rings. The van der Waals surface area contributed by atoms with Crippen LogP contribution in [0.25, 0.3) is 0 Å². The smallest absolute Gasteiger partial charge is 0.157 e. The zero-order valence-electron chi connectivity index (χ0n) is 8.31. The summed E-state index contributed by atoms with van der Waals surface area (Å²) in [5.41, 5.74) is 1.92. The minimum atomic E-state index is -0.117. The second kappa shape index (κ2) is 3.65. The lowest BCUT2D eigenvalue weighted by molar-refractivity contribution is 0.403. The van der Waals surface area contributed by atoms with Crippen LogP contribution in [0.5, 0.6) is 11.5 Å². The standard InChI is InChI=1S/C11H12N2O2/c1-7-5-12-6-13-11(7)8-2-3-9(14)10(15)4-8/h2-6,11,14-15H,1H3,(H,12,13)/t11-/m1/s1. The van der Waals surface area contributed by atoms with E-state index in [2.05, 4.69) is 10.3 Å². The summed E-state index contributed by atoms with van der Waals surface area (Å²) in [5, 5.41) is 21.5. The van der Waals surface area contributed by atoms with Crippen molar-refractivity contribution in [1.29, 1.82) is 0 Å². The number of benzene rings is 1. The fraction of sp³-hybridized carbons (Fsp3) is 0.182. The minimum absolute atomic E-state index is 0.0854. The normalized spacial score (nSPS) is 19.5. The molecule has 0 saturated heterocycles. The predicted octanol–water partition coefficient (Wildman–Crippen LogP) is 1.67. The molecule has 1 aliphatic rings. The summed E-state index contributed by atoms with van der Waals surface area (Å²) in [5.74, 6) is -0.229. The van der Waals surface area contributed by atoms with E-state index < -0.39 is 0 Å². The molecule has 4 nitrogen and oxygen atoms in total. The molecule has 1 aliphatic heterocycles. The van der Waals surface area contributed by atoms with Crippen LogP contribution in [-0.2, 0) is 0 Å². The van der Waals surface area contributed by atoms with Crippen LogP contribution in [0.4, 0.5) is 0 Å². The average Bonchev–Trinajstić information content (AvgIpc) is 2.23. The van der Waals surface area contributed by atoms with Gasteiger partial charge in [0, 0.05) is 6.20 Å². The fourth-order valence-corrected chi connectivity index (χ4v) is 1.54. The topological polar surface area (TPSA) is 64.9 Å². The number of aromatic hydroxyl groups is 2. The van der Waals surface area contributed by atoms with Gasteiger partial charge < -0.3 is 15.5 Å². The molecule has 0 bridgehead atoms. The first kappa shape index (κ1) is 9.58. The maximum atomic E-state index is 9.38. The Kier molecular flexibility index (Phi) is 2.33. The Hall–Kier alpha value is -1.97. The molecule has 0 aromatic heterocycles. The third kappa shape index (κ3) is 1.79. The van der Waals surface area contributed by atoms with Gasteiger partial charge in [-0.3, -0.25) is 4.99 Å². The van der Waals surface area contributed by atoms with Gasteiger partial charge in [0.15, 0.2) is 11.5 Å². The lowest BCUT2D eigenvalue weighted by Gasteiger charge is -2.17. The predicted molar refractivity (Wildman–Crippen MR) is 57.9 cm³/mol. The van der Waals surface area contributed by atoms with Crippen molar-refractivity contribution in [2.24, 2.45) is 4.99 Å². The molecule has 1 atom stereocenters. The lowest BCUT2D eigenvalue weighted by atomic mass is 10.00. The van der Waals surface area contributed by atoms with E-state index in [1.807, 2.05) is 13.1 Å². The van der Waals surface area contributed by atoms with Gasteiger partial charge in [-0.25, -0.2) is 0 Å². The molecule has 0 fully saturated rings. The molecular formula is C11H12N2O2. The molecule has 3 N–H and O–H groups in total. The van der Waals surface area contributed by atoms with Gasteiger partial charge in [0.2, 0.25) is 0 Å². The highest BCUT2D eigenvalue weighted by molar-refractivity contribution is 5.60. The zero-order valence-corrected chi connectivity index (χ0v) is 8.31. The molecule has 0 saturated carbocycles. The Bertz CT molecular complexity index is 438. The van der Waals surface area contributed by atoms with Crippen LogP contribution in [0.3, 0.4) is 0 Å². The number of phenols is 2. The second-order valence-corrected chi connectivity index (χ2v) is 3.48.